The topological polar surface area (TPSA) is 41.6 Å². The Morgan fingerprint density at radius 3 is 2.54 bits per heavy atom. The van der Waals surface area contributed by atoms with Crippen molar-refractivity contribution in [1.29, 1.82) is 0 Å². The van der Waals surface area contributed by atoms with Gasteiger partial charge in [0, 0.05) is 29.0 Å². The van der Waals surface area contributed by atoms with Crippen molar-refractivity contribution >= 4 is 17.3 Å². The van der Waals surface area contributed by atoms with Gasteiger partial charge < -0.3 is 15.0 Å². The molecular formula is C24H24N2O2. The minimum absolute atomic E-state index is 0.0420. The van der Waals surface area contributed by atoms with E-state index in [1.54, 1.807) is 7.11 Å². The Hall–Kier alpha value is -3.27. The fraction of sp³-hybridized carbons (Fsp3) is 0.208. The number of methoxy groups -OCH3 is 1. The van der Waals surface area contributed by atoms with Crippen molar-refractivity contribution in [3.63, 3.8) is 0 Å². The highest BCUT2D eigenvalue weighted by Crippen LogP contribution is 2.39. The van der Waals surface area contributed by atoms with Crippen molar-refractivity contribution < 1.29 is 9.53 Å². The van der Waals surface area contributed by atoms with E-state index >= 15 is 0 Å². The smallest absolute Gasteiger partial charge is 0.258 e. The van der Waals surface area contributed by atoms with Crippen LogP contribution in [0.2, 0.25) is 0 Å². The average Bonchev–Trinajstić information content (AvgIpc) is 2.74. The Balaban J connectivity index is 1.67. The van der Waals surface area contributed by atoms with Gasteiger partial charge in [-0.25, -0.2) is 0 Å². The second kappa shape index (κ2) is 7.77. The Morgan fingerprint density at radius 1 is 1.00 bits per heavy atom. The zero-order valence-corrected chi connectivity index (χ0v) is 16.1. The van der Waals surface area contributed by atoms with Crippen molar-refractivity contribution in [3.05, 3.63) is 90.0 Å². The van der Waals surface area contributed by atoms with E-state index in [2.05, 4.69) is 18.3 Å². The van der Waals surface area contributed by atoms with Gasteiger partial charge in [0.25, 0.3) is 5.91 Å². The van der Waals surface area contributed by atoms with Crippen molar-refractivity contribution in [2.24, 2.45) is 0 Å². The van der Waals surface area contributed by atoms with E-state index in [4.69, 9.17) is 4.74 Å². The molecule has 142 valence electrons. The summed E-state index contributed by atoms with van der Waals surface area (Å²) in [6.45, 7) is 2.11. The highest BCUT2D eigenvalue weighted by Gasteiger charge is 2.34. The van der Waals surface area contributed by atoms with Crippen LogP contribution in [0.25, 0.3) is 0 Å². The van der Waals surface area contributed by atoms with Crippen LogP contribution in [0.1, 0.15) is 35.3 Å². The second-order valence-corrected chi connectivity index (χ2v) is 7.11. The molecule has 1 aliphatic rings. The number of anilines is 2. The summed E-state index contributed by atoms with van der Waals surface area (Å²) >= 11 is 0. The van der Waals surface area contributed by atoms with Crippen LogP contribution in [-0.4, -0.2) is 19.1 Å². The molecule has 0 saturated carbocycles. The molecule has 1 aliphatic heterocycles. The predicted molar refractivity (Wildman–Crippen MR) is 113 cm³/mol. The average molecular weight is 372 g/mol. The van der Waals surface area contributed by atoms with E-state index in [1.165, 1.54) is 0 Å². The first kappa shape index (κ1) is 18.1. The van der Waals surface area contributed by atoms with Crippen LogP contribution >= 0.6 is 0 Å². The van der Waals surface area contributed by atoms with Gasteiger partial charge in [0.1, 0.15) is 5.75 Å². The molecule has 1 heterocycles. The van der Waals surface area contributed by atoms with Gasteiger partial charge in [-0.2, -0.15) is 0 Å². The molecule has 1 amide bonds. The Kier molecular flexibility index (Phi) is 5.02. The van der Waals surface area contributed by atoms with Gasteiger partial charge in [0.05, 0.1) is 13.2 Å². The lowest BCUT2D eigenvalue weighted by atomic mass is 9.90. The first-order valence-corrected chi connectivity index (χ1v) is 9.55. The van der Waals surface area contributed by atoms with Crippen molar-refractivity contribution in [2.45, 2.75) is 25.4 Å². The molecule has 0 radical (unpaired) electrons. The number of nitrogens with one attached hydrogen (secondary N) is 1. The Bertz CT molecular complexity index is 971. The highest BCUT2D eigenvalue weighted by molar-refractivity contribution is 6.07. The fourth-order valence-electron chi connectivity index (χ4n) is 3.89. The lowest BCUT2D eigenvalue weighted by Crippen LogP contribution is -2.44. The molecule has 0 saturated heterocycles. The van der Waals surface area contributed by atoms with Crippen LogP contribution in [-0.2, 0) is 0 Å². The lowest BCUT2D eigenvalue weighted by Gasteiger charge is -2.40. The van der Waals surface area contributed by atoms with E-state index in [1.807, 2.05) is 77.7 Å². The molecular weight excluding hydrogens is 348 g/mol. The molecule has 3 aromatic rings. The van der Waals surface area contributed by atoms with E-state index in [0.29, 0.717) is 5.56 Å². The number of ether oxygens (including phenoxy) is 1. The van der Waals surface area contributed by atoms with Crippen LogP contribution in [0.15, 0.2) is 78.9 Å². The molecule has 0 aromatic heterocycles. The molecule has 0 unspecified atom stereocenters. The molecule has 0 aliphatic carbocycles. The van der Waals surface area contributed by atoms with Crippen LogP contribution in [0, 0.1) is 0 Å². The Labute approximate surface area is 165 Å². The number of para-hydroxylation sites is 1. The summed E-state index contributed by atoms with van der Waals surface area (Å²) in [6.07, 6.45) is 0.826. The number of rotatable bonds is 4. The number of carbonyl (C=O) groups is 1. The third-order valence-electron chi connectivity index (χ3n) is 5.24. The maximum absolute atomic E-state index is 13.2. The monoisotopic (exact) mass is 372 g/mol. The van der Waals surface area contributed by atoms with Gasteiger partial charge in [0.2, 0.25) is 0 Å². The third kappa shape index (κ3) is 3.46. The number of amides is 1. The summed E-state index contributed by atoms with van der Waals surface area (Å²) in [5.74, 6) is 0.864. The number of carbonyl (C=O) groups excluding carboxylic acids is 1. The van der Waals surface area contributed by atoms with E-state index in [9.17, 15) is 4.79 Å². The molecule has 0 fully saturated rings. The molecule has 0 bridgehead atoms. The van der Waals surface area contributed by atoms with E-state index in [-0.39, 0.29) is 18.0 Å². The van der Waals surface area contributed by atoms with Gasteiger partial charge in [-0.15, -0.1) is 0 Å². The summed E-state index contributed by atoms with van der Waals surface area (Å²) in [4.78, 5) is 15.1. The largest absolute Gasteiger partial charge is 0.497 e. The normalized spacial score (nSPS) is 18.3. The number of nitrogens with zero attached hydrogens (tertiary/aromatic N) is 1. The van der Waals surface area contributed by atoms with Gasteiger partial charge in [-0.3, -0.25) is 4.79 Å². The zero-order valence-electron chi connectivity index (χ0n) is 16.1. The Morgan fingerprint density at radius 2 is 1.75 bits per heavy atom. The maximum Gasteiger partial charge on any atom is 0.258 e. The van der Waals surface area contributed by atoms with Crippen LogP contribution in [0.3, 0.4) is 0 Å². The lowest BCUT2D eigenvalue weighted by molar-refractivity contribution is 0.0974. The molecule has 4 nitrogen and oxygen atoms in total. The van der Waals surface area contributed by atoms with Crippen molar-refractivity contribution in [3.8, 4) is 5.75 Å². The maximum atomic E-state index is 13.2. The summed E-state index contributed by atoms with van der Waals surface area (Å²) in [5.41, 5.74) is 3.82. The first-order chi connectivity index (χ1) is 13.7. The van der Waals surface area contributed by atoms with Crippen LogP contribution in [0.5, 0.6) is 5.75 Å². The molecule has 2 atom stereocenters. The molecule has 4 heteroatoms. The molecule has 4 rings (SSSR count). The van der Waals surface area contributed by atoms with E-state index in [0.717, 1.165) is 29.1 Å². The first-order valence-electron chi connectivity index (χ1n) is 9.55. The second-order valence-electron chi connectivity index (χ2n) is 7.11. The highest BCUT2D eigenvalue weighted by atomic mass is 16.5. The number of benzene rings is 3. The quantitative estimate of drug-likeness (QED) is 0.677. The van der Waals surface area contributed by atoms with Crippen LogP contribution in [0.4, 0.5) is 11.4 Å². The zero-order chi connectivity index (χ0) is 19.5. The molecule has 0 spiro atoms. The van der Waals surface area contributed by atoms with Crippen LogP contribution < -0.4 is 15.0 Å². The van der Waals surface area contributed by atoms with Gasteiger partial charge >= 0.3 is 0 Å². The summed E-state index contributed by atoms with van der Waals surface area (Å²) in [6, 6.07) is 25.8. The minimum atomic E-state index is 0.0420. The molecule has 1 N–H and O–H groups in total. The van der Waals surface area contributed by atoms with E-state index < -0.39 is 0 Å². The fourth-order valence-corrected chi connectivity index (χ4v) is 3.89. The van der Waals surface area contributed by atoms with Crippen molar-refractivity contribution in [2.75, 3.05) is 17.3 Å². The number of hydrogen-bond donors (Lipinski definition) is 1. The predicted octanol–water partition coefficient (Wildman–Crippen LogP) is 5.29. The summed E-state index contributed by atoms with van der Waals surface area (Å²) in [7, 11) is 1.67. The van der Waals surface area contributed by atoms with Crippen molar-refractivity contribution in [1.82, 2.24) is 0 Å². The summed E-state index contributed by atoms with van der Waals surface area (Å²) in [5, 5.41) is 3.62. The SMILES string of the molecule is COc1cccc(N[C@H]2C[C@@H](C)N(C(=O)c3ccccc3)c3ccccc32)c1. The van der Waals surface area contributed by atoms with Gasteiger partial charge in [-0.1, -0.05) is 42.5 Å². The number of fused-ring (bicyclic) bond motifs is 1. The van der Waals surface area contributed by atoms with Gasteiger partial charge in [0.15, 0.2) is 0 Å². The summed E-state index contributed by atoms with van der Waals surface area (Å²) < 4.78 is 5.34. The third-order valence-corrected chi connectivity index (χ3v) is 5.24. The standard InChI is InChI=1S/C24H24N2O2/c1-17-15-22(25-19-11-8-12-20(16-19)28-2)21-13-6-7-14-23(21)26(17)24(27)18-9-4-3-5-10-18/h3-14,16-17,22,25H,15H2,1-2H3/t17-,22+/m1/s1. The molecule has 28 heavy (non-hydrogen) atoms. The minimum Gasteiger partial charge on any atom is -0.497 e. The molecule has 3 aromatic carbocycles. The van der Waals surface area contributed by atoms with Gasteiger partial charge in [-0.05, 0) is 49.2 Å². The number of hydrogen-bond acceptors (Lipinski definition) is 3.